The van der Waals surface area contributed by atoms with Gasteiger partial charge in [-0.2, -0.15) is 13.2 Å². The molecule has 3 rings (SSSR count). The van der Waals surface area contributed by atoms with Gasteiger partial charge in [-0.15, -0.1) is 0 Å². The Kier molecular flexibility index (Phi) is 5.72. The summed E-state index contributed by atoms with van der Waals surface area (Å²) in [4.78, 5) is 17.6. The number of hydrogen-bond donors (Lipinski definition) is 1. The number of benzene rings is 1. The molecule has 144 valence electrons. The summed E-state index contributed by atoms with van der Waals surface area (Å²) >= 11 is 0. The molecule has 0 aliphatic carbocycles. The van der Waals surface area contributed by atoms with Crippen LogP contribution in [-0.2, 0) is 11.0 Å². The molecule has 1 aromatic rings. The number of primary amides is 1. The molecule has 1 atom stereocenters. The van der Waals surface area contributed by atoms with E-state index in [0.717, 1.165) is 45.1 Å². The Morgan fingerprint density at radius 2 is 1.88 bits per heavy atom. The van der Waals surface area contributed by atoms with Crippen LogP contribution in [0.2, 0.25) is 0 Å². The van der Waals surface area contributed by atoms with Crippen LogP contribution in [0.25, 0.3) is 0 Å². The molecule has 26 heavy (non-hydrogen) atoms. The lowest BCUT2D eigenvalue weighted by atomic mass is 10.0. The number of likely N-dealkylation sites (tertiary alicyclic amines) is 1. The summed E-state index contributed by atoms with van der Waals surface area (Å²) < 4.78 is 38.7. The molecule has 1 amide bonds. The van der Waals surface area contributed by atoms with Crippen LogP contribution < -0.4 is 10.6 Å². The summed E-state index contributed by atoms with van der Waals surface area (Å²) in [5.74, 6) is -0.306. The van der Waals surface area contributed by atoms with Crippen LogP contribution in [0.5, 0.6) is 0 Å². The fourth-order valence-corrected chi connectivity index (χ4v) is 3.92. The third-order valence-electron chi connectivity index (χ3n) is 5.23. The number of piperazine rings is 1. The third-order valence-corrected chi connectivity index (χ3v) is 5.23. The Bertz CT molecular complexity index is 629. The van der Waals surface area contributed by atoms with Crippen LogP contribution in [0.3, 0.4) is 0 Å². The van der Waals surface area contributed by atoms with Gasteiger partial charge in [-0.25, -0.2) is 0 Å². The van der Waals surface area contributed by atoms with Crippen LogP contribution in [0.4, 0.5) is 18.9 Å². The average Bonchev–Trinajstić information content (AvgIpc) is 2.61. The second-order valence-corrected chi connectivity index (χ2v) is 7.07. The number of amides is 1. The van der Waals surface area contributed by atoms with E-state index in [2.05, 4.69) is 9.80 Å². The topological polar surface area (TPSA) is 52.8 Å². The lowest BCUT2D eigenvalue weighted by molar-refractivity contribution is -0.137. The molecule has 2 N–H and O–H groups in total. The van der Waals surface area contributed by atoms with Crippen molar-refractivity contribution in [3.63, 3.8) is 0 Å². The lowest BCUT2D eigenvalue weighted by Crippen LogP contribution is -2.55. The molecule has 2 fully saturated rings. The van der Waals surface area contributed by atoms with Crippen LogP contribution >= 0.6 is 0 Å². The van der Waals surface area contributed by atoms with Crippen LogP contribution in [0.1, 0.15) is 18.4 Å². The zero-order chi connectivity index (χ0) is 18.7. The minimum absolute atomic E-state index is 0.292. The summed E-state index contributed by atoms with van der Waals surface area (Å²) in [6.07, 6.45) is -2.20. The first-order valence-electron chi connectivity index (χ1n) is 9.00. The van der Waals surface area contributed by atoms with Gasteiger partial charge in [-0.05, 0) is 37.6 Å². The Balaban J connectivity index is 1.57. The van der Waals surface area contributed by atoms with Gasteiger partial charge in [0.2, 0.25) is 5.91 Å². The minimum atomic E-state index is -4.32. The molecule has 5 nitrogen and oxygen atoms in total. The number of piperidine rings is 1. The molecule has 0 spiro atoms. The van der Waals surface area contributed by atoms with Crippen molar-refractivity contribution in [1.29, 1.82) is 0 Å². The molecule has 0 unspecified atom stereocenters. The van der Waals surface area contributed by atoms with Gasteiger partial charge in [0, 0.05) is 44.5 Å². The number of carbonyl (C=O) groups is 1. The zero-order valence-corrected chi connectivity index (χ0v) is 14.7. The highest BCUT2D eigenvalue weighted by Crippen LogP contribution is 2.32. The molecule has 2 heterocycles. The smallest absolute Gasteiger partial charge is 0.369 e. The molecule has 0 bridgehead atoms. The van der Waals surface area contributed by atoms with Crippen molar-refractivity contribution in [3.8, 4) is 0 Å². The number of nitrogens with two attached hydrogens (primary N) is 1. The molecular weight excluding hydrogens is 345 g/mol. The quantitative estimate of drug-likeness (QED) is 0.878. The second-order valence-electron chi connectivity index (χ2n) is 7.07. The Morgan fingerprint density at radius 3 is 2.54 bits per heavy atom. The van der Waals surface area contributed by atoms with Gasteiger partial charge >= 0.3 is 6.18 Å². The van der Waals surface area contributed by atoms with Gasteiger partial charge in [-0.3, -0.25) is 14.6 Å². The number of hydrogen-bond acceptors (Lipinski definition) is 4. The van der Waals surface area contributed by atoms with Crippen molar-refractivity contribution >= 4 is 11.6 Å². The fraction of sp³-hybridized carbons (Fsp3) is 0.611. The van der Waals surface area contributed by atoms with E-state index < -0.39 is 11.7 Å². The average molecular weight is 370 g/mol. The maximum atomic E-state index is 12.9. The van der Waals surface area contributed by atoms with E-state index in [1.165, 1.54) is 12.1 Å². The molecule has 8 heteroatoms. The highest BCUT2D eigenvalue weighted by atomic mass is 19.4. The molecule has 2 aliphatic rings. The van der Waals surface area contributed by atoms with E-state index in [0.29, 0.717) is 31.4 Å². The zero-order valence-electron chi connectivity index (χ0n) is 14.7. The number of alkyl halides is 3. The predicted molar refractivity (Wildman–Crippen MR) is 93.9 cm³/mol. The lowest BCUT2D eigenvalue weighted by Gasteiger charge is -2.43. The van der Waals surface area contributed by atoms with Gasteiger partial charge in [0.1, 0.15) is 0 Å². The first kappa shape index (κ1) is 19.0. The molecule has 1 aromatic carbocycles. The minimum Gasteiger partial charge on any atom is -0.369 e. The standard InChI is InChI=1S/C18H25F3N4O/c19-18(20,21)14-3-1-4-15(11-14)24-7-9-25(10-8-24)16-5-2-6-23(12-16)13-17(22)26/h1,3-4,11,16H,2,5-10,12-13H2,(H2,22,26)/t16-/m1/s1. The summed E-state index contributed by atoms with van der Waals surface area (Å²) in [6.45, 7) is 5.04. The second kappa shape index (κ2) is 7.84. The SMILES string of the molecule is NC(=O)CN1CCC[C@@H](N2CCN(c3cccc(C(F)(F)F)c3)CC2)C1. The molecular formula is C18H25F3N4O. The number of halogens is 3. The highest BCUT2D eigenvalue weighted by Gasteiger charge is 2.32. The Labute approximate surface area is 151 Å². The van der Waals surface area contributed by atoms with Gasteiger partial charge < -0.3 is 10.6 Å². The fourth-order valence-electron chi connectivity index (χ4n) is 3.92. The van der Waals surface area contributed by atoms with Crippen molar-refractivity contribution < 1.29 is 18.0 Å². The van der Waals surface area contributed by atoms with Gasteiger partial charge in [0.25, 0.3) is 0 Å². The van der Waals surface area contributed by atoms with Crippen molar-refractivity contribution in [2.45, 2.75) is 25.1 Å². The van der Waals surface area contributed by atoms with Crippen molar-refractivity contribution in [2.75, 3.05) is 50.7 Å². The largest absolute Gasteiger partial charge is 0.416 e. The molecule has 0 aromatic heterocycles. The number of rotatable bonds is 4. The predicted octanol–water partition coefficient (Wildman–Crippen LogP) is 1.78. The van der Waals surface area contributed by atoms with Gasteiger partial charge in [0.15, 0.2) is 0 Å². The van der Waals surface area contributed by atoms with Gasteiger partial charge in [-0.1, -0.05) is 6.07 Å². The van der Waals surface area contributed by atoms with E-state index in [4.69, 9.17) is 5.73 Å². The normalized spacial score (nSPS) is 23.2. The Morgan fingerprint density at radius 1 is 1.15 bits per heavy atom. The van der Waals surface area contributed by atoms with E-state index in [1.54, 1.807) is 6.07 Å². The van der Waals surface area contributed by atoms with E-state index in [1.807, 2.05) is 4.90 Å². The molecule has 2 aliphatic heterocycles. The monoisotopic (exact) mass is 370 g/mol. The summed E-state index contributed by atoms with van der Waals surface area (Å²) in [5.41, 5.74) is 5.31. The number of anilines is 1. The summed E-state index contributed by atoms with van der Waals surface area (Å²) in [6, 6.07) is 5.92. The summed E-state index contributed by atoms with van der Waals surface area (Å²) in [7, 11) is 0. The van der Waals surface area contributed by atoms with Crippen LogP contribution in [0, 0.1) is 0 Å². The first-order chi connectivity index (χ1) is 12.3. The van der Waals surface area contributed by atoms with E-state index in [9.17, 15) is 18.0 Å². The molecule has 0 saturated carbocycles. The van der Waals surface area contributed by atoms with Gasteiger partial charge in [0.05, 0.1) is 12.1 Å². The van der Waals surface area contributed by atoms with Crippen LogP contribution in [0.15, 0.2) is 24.3 Å². The maximum Gasteiger partial charge on any atom is 0.416 e. The number of nitrogens with zero attached hydrogens (tertiary/aromatic N) is 3. The van der Waals surface area contributed by atoms with Crippen LogP contribution in [-0.4, -0.2) is 67.6 Å². The Hall–Kier alpha value is -1.80. The molecule has 2 saturated heterocycles. The number of carbonyl (C=O) groups excluding carboxylic acids is 1. The highest BCUT2D eigenvalue weighted by molar-refractivity contribution is 5.75. The maximum absolute atomic E-state index is 12.9. The third kappa shape index (κ3) is 4.67. The first-order valence-corrected chi connectivity index (χ1v) is 9.00. The van der Waals surface area contributed by atoms with Crippen molar-refractivity contribution in [2.24, 2.45) is 5.73 Å². The molecule has 0 radical (unpaired) electrons. The van der Waals surface area contributed by atoms with Crippen molar-refractivity contribution in [1.82, 2.24) is 9.80 Å². The van der Waals surface area contributed by atoms with E-state index >= 15 is 0 Å². The van der Waals surface area contributed by atoms with E-state index in [-0.39, 0.29) is 5.91 Å². The summed E-state index contributed by atoms with van der Waals surface area (Å²) in [5, 5.41) is 0. The van der Waals surface area contributed by atoms with Crippen molar-refractivity contribution in [3.05, 3.63) is 29.8 Å².